The van der Waals surface area contributed by atoms with Crippen molar-refractivity contribution in [3.63, 3.8) is 0 Å². The summed E-state index contributed by atoms with van der Waals surface area (Å²) in [5.41, 5.74) is 7.78. The number of aromatic nitrogens is 2. The van der Waals surface area contributed by atoms with Crippen molar-refractivity contribution in [1.82, 2.24) is 20.2 Å². The molecule has 1 saturated heterocycles. The number of carbonyl (C=O) groups is 1. The minimum absolute atomic E-state index is 0.206. The van der Waals surface area contributed by atoms with Gasteiger partial charge in [0, 0.05) is 35.7 Å². The molecule has 0 aliphatic carbocycles. The van der Waals surface area contributed by atoms with E-state index >= 15 is 0 Å². The number of piperidine rings is 1. The van der Waals surface area contributed by atoms with Crippen LogP contribution in [0.1, 0.15) is 40.9 Å². The number of aryl methyl sites for hydroxylation is 1. The lowest BCUT2D eigenvalue weighted by atomic mass is 10.0. The van der Waals surface area contributed by atoms with E-state index in [1.54, 1.807) is 16.8 Å². The van der Waals surface area contributed by atoms with Crippen molar-refractivity contribution < 1.29 is 9.53 Å². The highest BCUT2D eigenvalue weighted by molar-refractivity contribution is 6.35. The van der Waals surface area contributed by atoms with Crippen molar-refractivity contribution in [1.29, 1.82) is 0 Å². The second-order valence-corrected chi connectivity index (χ2v) is 9.11. The van der Waals surface area contributed by atoms with Gasteiger partial charge in [-0.05, 0) is 55.7 Å². The maximum Gasteiger partial charge on any atom is 0.286 e. The number of nitrogens with one attached hydrogen (secondary N) is 1. The fourth-order valence-corrected chi connectivity index (χ4v) is 4.87. The van der Waals surface area contributed by atoms with Crippen LogP contribution in [0.3, 0.4) is 0 Å². The molecule has 3 heterocycles. The van der Waals surface area contributed by atoms with Crippen LogP contribution in [0.4, 0.5) is 0 Å². The highest BCUT2D eigenvalue weighted by Gasteiger charge is 2.30. The third-order valence-corrected chi connectivity index (χ3v) is 6.49. The average molecular weight is 471 g/mol. The smallest absolute Gasteiger partial charge is 0.286 e. The summed E-state index contributed by atoms with van der Waals surface area (Å²) in [5.74, 6) is 0.570. The zero-order valence-corrected chi connectivity index (χ0v) is 19.3. The highest BCUT2D eigenvalue weighted by Crippen LogP contribution is 2.40. The van der Waals surface area contributed by atoms with Gasteiger partial charge in [0.05, 0.1) is 23.0 Å². The number of nitrogens with zero attached hydrogens (tertiary/aromatic N) is 3. The van der Waals surface area contributed by atoms with Crippen LogP contribution in [0, 0.1) is 6.92 Å². The van der Waals surface area contributed by atoms with Crippen LogP contribution in [0.2, 0.25) is 10.0 Å². The van der Waals surface area contributed by atoms with E-state index in [0.29, 0.717) is 34.5 Å². The van der Waals surface area contributed by atoms with Crippen LogP contribution in [0.5, 0.6) is 5.75 Å². The molecule has 6 nitrogen and oxygen atoms in total. The van der Waals surface area contributed by atoms with Gasteiger partial charge in [-0.3, -0.25) is 10.2 Å². The van der Waals surface area contributed by atoms with Gasteiger partial charge in [-0.25, -0.2) is 9.69 Å². The van der Waals surface area contributed by atoms with Crippen LogP contribution < -0.4 is 10.2 Å². The Morgan fingerprint density at radius 2 is 1.91 bits per heavy atom. The van der Waals surface area contributed by atoms with Gasteiger partial charge in [0.2, 0.25) is 0 Å². The normalized spacial score (nSPS) is 16.0. The lowest BCUT2D eigenvalue weighted by Gasteiger charge is -2.26. The molecule has 8 heteroatoms. The van der Waals surface area contributed by atoms with Gasteiger partial charge in [-0.15, -0.1) is 0 Å². The minimum atomic E-state index is -0.206. The van der Waals surface area contributed by atoms with Gasteiger partial charge in [0.25, 0.3) is 5.91 Å². The largest absolute Gasteiger partial charge is 0.493 e. The number of halogens is 2. The van der Waals surface area contributed by atoms with E-state index in [1.807, 2.05) is 36.2 Å². The summed E-state index contributed by atoms with van der Waals surface area (Å²) < 4.78 is 7.81. The van der Waals surface area contributed by atoms with E-state index in [-0.39, 0.29) is 5.91 Å². The maximum absolute atomic E-state index is 13.3. The molecular formula is C24H24Cl2N4O2. The van der Waals surface area contributed by atoms with Gasteiger partial charge in [-0.1, -0.05) is 35.7 Å². The number of carbonyl (C=O) groups excluding carboxylic acids is 1. The Labute approximate surface area is 197 Å². The molecule has 1 fully saturated rings. The van der Waals surface area contributed by atoms with Crippen LogP contribution in [0.25, 0.3) is 16.9 Å². The summed E-state index contributed by atoms with van der Waals surface area (Å²) in [5, 5.41) is 7.76. The lowest BCUT2D eigenvalue weighted by molar-refractivity contribution is 0.0743. The van der Waals surface area contributed by atoms with Crippen LogP contribution >= 0.6 is 23.2 Å². The van der Waals surface area contributed by atoms with Gasteiger partial charge in [0.15, 0.2) is 5.69 Å². The van der Waals surface area contributed by atoms with Crippen molar-refractivity contribution in [2.75, 3.05) is 19.7 Å². The molecule has 2 aromatic carbocycles. The number of amides is 1. The zero-order valence-electron chi connectivity index (χ0n) is 17.8. The Bertz CT molecular complexity index is 1180. The second-order valence-electron chi connectivity index (χ2n) is 8.27. The molecule has 2 aliphatic heterocycles. The molecule has 3 aromatic rings. The van der Waals surface area contributed by atoms with Crippen molar-refractivity contribution in [3.8, 4) is 22.7 Å². The first kappa shape index (κ1) is 21.3. The first-order chi connectivity index (χ1) is 15.5. The second kappa shape index (κ2) is 8.77. The summed E-state index contributed by atoms with van der Waals surface area (Å²) >= 11 is 12.7. The van der Waals surface area contributed by atoms with Crippen molar-refractivity contribution >= 4 is 29.1 Å². The Morgan fingerprint density at radius 3 is 2.69 bits per heavy atom. The molecule has 1 aromatic heterocycles. The number of benzene rings is 2. The Hall–Kier alpha value is -2.54. The summed E-state index contributed by atoms with van der Waals surface area (Å²) in [7, 11) is 0. The van der Waals surface area contributed by atoms with E-state index in [4.69, 9.17) is 33.0 Å². The Balaban J connectivity index is 1.66. The van der Waals surface area contributed by atoms with Gasteiger partial charge >= 0.3 is 0 Å². The molecule has 5 rings (SSSR count). The Morgan fingerprint density at radius 1 is 1.09 bits per heavy atom. The third kappa shape index (κ3) is 3.98. The third-order valence-electron chi connectivity index (χ3n) is 5.95. The van der Waals surface area contributed by atoms with E-state index < -0.39 is 0 Å². The molecule has 0 saturated carbocycles. The van der Waals surface area contributed by atoms with E-state index in [0.717, 1.165) is 54.1 Å². The summed E-state index contributed by atoms with van der Waals surface area (Å²) in [4.78, 5) is 13.3. The van der Waals surface area contributed by atoms with Crippen molar-refractivity contribution in [2.45, 2.75) is 32.6 Å². The molecule has 0 atom stereocenters. The van der Waals surface area contributed by atoms with E-state index in [2.05, 4.69) is 5.43 Å². The average Bonchev–Trinajstić information content (AvgIpc) is 3.03. The molecule has 166 valence electrons. The molecule has 1 amide bonds. The fraction of sp³-hybridized carbons (Fsp3) is 0.333. The monoisotopic (exact) mass is 470 g/mol. The SMILES string of the molecule is Cc1ccc2c(c1)OCCc1c(C(=O)NN3CCCCC3)nn(-c3ccc(Cl)cc3Cl)c1-2. The Kier molecular flexibility index (Phi) is 5.84. The standard InChI is InChI=1S/C24H24Cl2N4O2/c1-15-5-7-17-21(13-15)32-12-9-18-22(24(31)28-29-10-3-2-4-11-29)27-30(23(17)18)20-8-6-16(25)14-19(20)26/h5-8,13-14H,2-4,9-12H2,1H3,(H,28,31). The predicted octanol–water partition coefficient (Wildman–Crippen LogP) is 5.22. The van der Waals surface area contributed by atoms with Crippen molar-refractivity contribution in [2.24, 2.45) is 0 Å². The lowest BCUT2D eigenvalue weighted by Crippen LogP contribution is -2.45. The summed E-state index contributed by atoms with van der Waals surface area (Å²) in [6.45, 7) is 4.19. The van der Waals surface area contributed by atoms with E-state index in [9.17, 15) is 4.79 Å². The number of hydrogen-bond acceptors (Lipinski definition) is 4. The molecule has 32 heavy (non-hydrogen) atoms. The minimum Gasteiger partial charge on any atom is -0.493 e. The van der Waals surface area contributed by atoms with Gasteiger partial charge in [0.1, 0.15) is 5.75 Å². The number of hydrazine groups is 1. The number of rotatable bonds is 3. The van der Waals surface area contributed by atoms with Gasteiger partial charge in [-0.2, -0.15) is 5.10 Å². The molecule has 2 aliphatic rings. The molecule has 1 N–H and O–H groups in total. The quantitative estimate of drug-likeness (QED) is 0.569. The topological polar surface area (TPSA) is 59.4 Å². The highest BCUT2D eigenvalue weighted by atomic mass is 35.5. The van der Waals surface area contributed by atoms with Crippen LogP contribution in [-0.4, -0.2) is 40.4 Å². The van der Waals surface area contributed by atoms with Crippen LogP contribution in [-0.2, 0) is 6.42 Å². The molecule has 0 bridgehead atoms. The number of hydrogen-bond donors (Lipinski definition) is 1. The number of fused-ring (bicyclic) bond motifs is 3. The first-order valence-corrected chi connectivity index (χ1v) is 11.6. The predicted molar refractivity (Wildman–Crippen MR) is 126 cm³/mol. The zero-order chi connectivity index (χ0) is 22.2. The summed E-state index contributed by atoms with van der Waals surface area (Å²) in [6.07, 6.45) is 3.91. The molecular weight excluding hydrogens is 447 g/mol. The molecule has 0 spiro atoms. The molecule has 0 unspecified atom stereocenters. The summed E-state index contributed by atoms with van der Waals surface area (Å²) in [6, 6.07) is 11.3. The maximum atomic E-state index is 13.3. The fourth-order valence-electron chi connectivity index (χ4n) is 4.38. The van der Waals surface area contributed by atoms with E-state index in [1.165, 1.54) is 6.42 Å². The first-order valence-electron chi connectivity index (χ1n) is 10.9. The number of ether oxygens (including phenoxy) is 1. The van der Waals surface area contributed by atoms with Crippen LogP contribution in [0.15, 0.2) is 36.4 Å². The van der Waals surface area contributed by atoms with Gasteiger partial charge < -0.3 is 4.74 Å². The van der Waals surface area contributed by atoms with Crippen molar-refractivity contribution in [3.05, 3.63) is 63.3 Å². The molecule has 0 radical (unpaired) electrons.